The van der Waals surface area contributed by atoms with Gasteiger partial charge in [-0.05, 0) is 18.2 Å². The molecule has 0 atom stereocenters. The van der Waals surface area contributed by atoms with Crippen LogP contribution in [0.3, 0.4) is 0 Å². The lowest BCUT2D eigenvalue weighted by molar-refractivity contribution is -0.385. The highest BCUT2D eigenvalue weighted by molar-refractivity contribution is 5.71. The molecule has 1 aromatic heterocycles. The number of rotatable bonds is 3. The molecule has 2 rings (SSSR count). The summed E-state index contributed by atoms with van der Waals surface area (Å²) in [5, 5.41) is 14.3. The van der Waals surface area contributed by atoms with Gasteiger partial charge in [-0.1, -0.05) is 17.3 Å². The smallest absolute Gasteiger partial charge is 0.276 e. The van der Waals surface area contributed by atoms with E-state index in [9.17, 15) is 10.1 Å². The molecular formula is C10H7N3O3. The minimum absolute atomic E-state index is 0.0437. The van der Waals surface area contributed by atoms with Crippen LogP contribution in [0.5, 0.6) is 0 Å². The van der Waals surface area contributed by atoms with Crippen molar-refractivity contribution in [1.82, 2.24) is 10.1 Å². The molecule has 6 heteroatoms. The Morgan fingerprint density at radius 1 is 1.31 bits per heavy atom. The SMILES string of the molecule is O=[N+]([O-])c1ccccc1/C=C/c1ncon1. The standard InChI is InChI=1S/C10H7N3O3/c14-13(15)9-4-2-1-3-8(9)5-6-10-11-7-16-12-10/h1-7H/b6-5+. The summed E-state index contributed by atoms with van der Waals surface area (Å²) in [6.45, 7) is 0. The topological polar surface area (TPSA) is 82.1 Å². The Bertz CT molecular complexity index is 520. The van der Waals surface area contributed by atoms with E-state index in [-0.39, 0.29) is 5.69 Å². The largest absolute Gasteiger partial charge is 0.342 e. The van der Waals surface area contributed by atoms with Crippen LogP contribution in [0.2, 0.25) is 0 Å². The Balaban J connectivity index is 2.31. The van der Waals surface area contributed by atoms with Crippen molar-refractivity contribution < 1.29 is 9.45 Å². The normalized spacial score (nSPS) is 10.8. The first kappa shape index (κ1) is 10.0. The third kappa shape index (κ3) is 2.11. The van der Waals surface area contributed by atoms with E-state index in [1.54, 1.807) is 30.4 Å². The van der Waals surface area contributed by atoms with Gasteiger partial charge in [-0.25, -0.2) is 0 Å². The highest BCUT2D eigenvalue weighted by Crippen LogP contribution is 2.19. The minimum Gasteiger partial charge on any atom is -0.342 e. The molecule has 0 N–H and O–H groups in total. The Morgan fingerprint density at radius 3 is 2.81 bits per heavy atom. The molecular weight excluding hydrogens is 210 g/mol. The third-order valence-corrected chi connectivity index (χ3v) is 1.92. The van der Waals surface area contributed by atoms with Crippen molar-refractivity contribution in [3.05, 3.63) is 52.2 Å². The van der Waals surface area contributed by atoms with E-state index >= 15 is 0 Å². The number of hydrogen-bond acceptors (Lipinski definition) is 5. The fraction of sp³-hybridized carbons (Fsp3) is 0. The molecule has 0 bridgehead atoms. The quantitative estimate of drug-likeness (QED) is 0.581. The predicted molar refractivity (Wildman–Crippen MR) is 56.3 cm³/mol. The molecule has 16 heavy (non-hydrogen) atoms. The molecule has 80 valence electrons. The zero-order valence-electron chi connectivity index (χ0n) is 8.11. The van der Waals surface area contributed by atoms with E-state index < -0.39 is 4.92 Å². The summed E-state index contributed by atoms with van der Waals surface area (Å²) in [4.78, 5) is 14.0. The highest BCUT2D eigenvalue weighted by atomic mass is 16.6. The first-order valence-corrected chi connectivity index (χ1v) is 4.45. The van der Waals surface area contributed by atoms with E-state index in [1.807, 2.05) is 0 Å². The maximum Gasteiger partial charge on any atom is 0.276 e. The first-order chi connectivity index (χ1) is 7.77. The summed E-state index contributed by atoms with van der Waals surface area (Å²) in [6.07, 6.45) is 4.31. The lowest BCUT2D eigenvalue weighted by Crippen LogP contribution is -1.90. The molecule has 0 saturated carbocycles. The predicted octanol–water partition coefficient (Wildman–Crippen LogP) is 2.15. The van der Waals surface area contributed by atoms with Gasteiger partial charge < -0.3 is 4.52 Å². The molecule has 0 spiro atoms. The van der Waals surface area contributed by atoms with Gasteiger partial charge in [-0.2, -0.15) is 4.98 Å². The Labute approximate surface area is 90.4 Å². The maximum atomic E-state index is 10.7. The fourth-order valence-corrected chi connectivity index (χ4v) is 1.21. The van der Waals surface area contributed by atoms with Gasteiger partial charge in [0.15, 0.2) is 5.82 Å². The van der Waals surface area contributed by atoms with Crippen molar-refractivity contribution in [2.75, 3.05) is 0 Å². The number of hydrogen-bond donors (Lipinski definition) is 0. The number of nitrogens with zero attached hydrogens (tertiary/aromatic N) is 3. The van der Waals surface area contributed by atoms with Crippen molar-refractivity contribution >= 4 is 17.8 Å². The van der Waals surface area contributed by atoms with Gasteiger partial charge in [-0.15, -0.1) is 0 Å². The van der Waals surface area contributed by atoms with Crippen molar-refractivity contribution in [2.45, 2.75) is 0 Å². The summed E-state index contributed by atoms with van der Waals surface area (Å²) >= 11 is 0. The van der Waals surface area contributed by atoms with Crippen LogP contribution in [0, 0.1) is 10.1 Å². The molecule has 0 aliphatic heterocycles. The van der Waals surface area contributed by atoms with E-state index in [4.69, 9.17) is 0 Å². The van der Waals surface area contributed by atoms with Gasteiger partial charge in [0.1, 0.15) is 0 Å². The van der Waals surface area contributed by atoms with Crippen molar-refractivity contribution in [1.29, 1.82) is 0 Å². The molecule has 6 nitrogen and oxygen atoms in total. The number of aromatic nitrogens is 2. The van der Waals surface area contributed by atoms with Gasteiger partial charge >= 0.3 is 0 Å². The number of nitro groups is 1. The number of nitro benzene ring substituents is 1. The van der Waals surface area contributed by atoms with Crippen molar-refractivity contribution in [3.63, 3.8) is 0 Å². The van der Waals surface area contributed by atoms with Gasteiger partial charge in [0.05, 0.1) is 10.5 Å². The summed E-state index contributed by atoms with van der Waals surface area (Å²) in [7, 11) is 0. The molecule has 0 amide bonds. The summed E-state index contributed by atoms with van der Waals surface area (Å²) in [6, 6.07) is 6.43. The molecule has 0 aliphatic carbocycles. The van der Waals surface area contributed by atoms with Crippen LogP contribution in [-0.4, -0.2) is 15.1 Å². The van der Waals surface area contributed by atoms with Crippen LogP contribution >= 0.6 is 0 Å². The second-order valence-corrected chi connectivity index (χ2v) is 2.94. The minimum atomic E-state index is -0.435. The molecule has 2 aromatic rings. The second kappa shape index (κ2) is 4.35. The first-order valence-electron chi connectivity index (χ1n) is 4.45. The van der Waals surface area contributed by atoms with E-state index in [1.165, 1.54) is 12.5 Å². The maximum absolute atomic E-state index is 10.7. The Hall–Kier alpha value is -2.50. The summed E-state index contributed by atoms with van der Waals surface area (Å²) in [5.74, 6) is 0.373. The molecule has 1 aromatic carbocycles. The van der Waals surface area contributed by atoms with Crippen LogP contribution in [0.25, 0.3) is 12.2 Å². The average molecular weight is 217 g/mol. The number of para-hydroxylation sites is 1. The highest BCUT2D eigenvalue weighted by Gasteiger charge is 2.09. The lowest BCUT2D eigenvalue weighted by atomic mass is 10.1. The van der Waals surface area contributed by atoms with E-state index in [0.717, 1.165) is 0 Å². The van der Waals surface area contributed by atoms with Crippen LogP contribution in [0.15, 0.2) is 35.2 Å². The van der Waals surface area contributed by atoms with Gasteiger partial charge in [0, 0.05) is 6.07 Å². The molecule has 0 saturated heterocycles. The van der Waals surface area contributed by atoms with Gasteiger partial charge in [0.2, 0.25) is 6.39 Å². The van der Waals surface area contributed by atoms with Crippen LogP contribution in [0.1, 0.15) is 11.4 Å². The molecule has 1 heterocycles. The molecule has 0 unspecified atom stereocenters. The monoisotopic (exact) mass is 217 g/mol. The summed E-state index contributed by atoms with van der Waals surface area (Å²) in [5.41, 5.74) is 0.541. The molecule has 0 radical (unpaired) electrons. The Morgan fingerprint density at radius 2 is 2.12 bits per heavy atom. The zero-order valence-corrected chi connectivity index (χ0v) is 8.11. The van der Waals surface area contributed by atoms with Gasteiger partial charge in [-0.3, -0.25) is 10.1 Å². The van der Waals surface area contributed by atoms with E-state index in [0.29, 0.717) is 11.4 Å². The average Bonchev–Trinajstić information content (AvgIpc) is 2.79. The van der Waals surface area contributed by atoms with Crippen molar-refractivity contribution in [2.24, 2.45) is 0 Å². The van der Waals surface area contributed by atoms with Crippen LogP contribution in [-0.2, 0) is 0 Å². The molecule has 0 fully saturated rings. The Kier molecular flexibility index (Phi) is 2.73. The zero-order chi connectivity index (χ0) is 11.4. The fourth-order valence-electron chi connectivity index (χ4n) is 1.21. The van der Waals surface area contributed by atoms with Crippen LogP contribution in [0.4, 0.5) is 5.69 Å². The second-order valence-electron chi connectivity index (χ2n) is 2.94. The van der Waals surface area contributed by atoms with Crippen LogP contribution < -0.4 is 0 Å². The third-order valence-electron chi connectivity index (χ3n) is 1.92. The van der Waals surface area contributed by atoms with Crippen molar-refractivity contribution in [3.8, 4) is 0 Å². The molecule has 0 aliphatic rings. The number of benzene rings is 1. The van der Waals surface area contributed by atoms with E-state index in [2.05, 4.69) is 14.7 Å². The van der Waals surface area contributed by atoms with Gasteiger partial charge in [0.25, 0.3) is 5.69 Å². The lowest BCUT2D eigenvalue weighted by Gasteiger charge is -1.95. The summed E-state index contributed by atoms with van der Waals surface area (Å²) < 4.78 is 4.53.